The summed E-state index contributed by atoms with van der Waals surface area (Å²) in [5.41, 5.74) is -0.241. The first-order valence-corrected chi connectivity index (χ1v) is 3.09. The molecule has 2 nitrogen and oxygen atoms in total. The molecule has 0 saturated carbocycles. The van der Waals surface area contributed by atoms with Crippen molar-refractivity contribution in [1.82, 2.24) is 0 Å². The molecule has 0 heterocycles. The predicted molar refractivity (Wildman–Crippen MR) is 38.5 cm³/mol. The number of nitrogens with zero attached hydrogens (tertiary/aromatic N) is 1. The van der Waals surface area contributed by atoms with Crippen LogP contribution in [0.2, 0.25) is 0 Å². The fraction of sp³-hybridized carbons (Fsp3) is 0.857. The van der Waals surface area contributed by atoms with Gasteiger partial charge in [0.1, 0.15) is 5.60 Å². The minimum Gasteiger partial charge on any atom is -0.390 e. The molecule has 0 rings (SSSR count). The summed E-state index contributed by atoms with van der Waals surface area (Å²) in [6.07, 6.45) is 0. The molecular formula is C7H14NO. The zero-order valence-electron chi connectivity index (χ0n) is 6.51. The third-order valence-corrected chi connectivity index (χ3v) is 1.68. The van der Waals surface area contributed by atoms with Gasteiger partial charge in [-0.15, -0.1) is 0 Å². The molecule has 0 N–H and O–H groups in total. The van der Waals surface area contributed by atoms with E-state index in [0.717, 1.165) is 0 Å². The maximum atomic E-state index is 4.89. The van der Waals surface area contributed by atoms with Crippen molar-refractivity contribution >= 4 is 6.72 Å². The SMILES string of the molecule is [CH]=NOC(C)(C)C(C)C. The van der Waals surface area contributed by atoms with Crippen molar-refractivity contribution in [3.63, 3.8) is 0 Å². The van der Waals surface area contributed by atoms with Gasteiger partial charge in [0, 0.05) is 0 Å². The molecule has 0 aromatic heterocycles. The molecule has 0 aliphatic heterocycles. The van der Waals surface area contributed by atoms with Crippen LogP contribution in [-0.2, 0) is 4.84 Å². The molecule has 0 aromatic rings. The molecule has 0 spiro atoms. The molecule has 0 unspecified atom stereocenters. The molecule has 0 bridgehead atoms. The molecule has 9 heavy (non-hydrogen) atoms. The zero-order valence-corrected chi connectivity index (χ0v) is 6.51. The fourth-order valence-electron chi connectivity index (χ4n) is 0.241. The van der Waals surface area contributed by atoms with Crippen LogP contribution >= 0.6 is 0 Å². The van der Waals surface area contributed by atoms with Crippen molar-refractivity contribution in [2.75, 3.05) is 0 Å². The van der Waals surface area contributed by atoms with Gasteiger partial charge in [0.2, 0.25) is 0 Å². The second kappa shape index (κ2) is 2.85. The summed E-state index contributed by atoms with van der Waals surface area (Å²) in [5.74, 6) is 0.421. The highest BCUT2D eigenvalue weighted by atomic mass is 16.6. The second-order valence-corrected chi connectivity index (χ2v) is 2.95. The zero-order chi connectivity index (χ0) is 7.49. The lowest BCUT2D eigenvalue weighted by atomic mass is 9.95. The quantitative estimate of drug-likeness (QED) is 0.420. The van der Waals surface area contributed by atoms with Crippen LogP contribution < -0.4 is 0 Å². The minimum absolute atomic E-state index is 0.241. The monoisotopic (exact) mass is 128 g/mol. The van der Waals surface area contributed by atoms with Crippen molar-refractivity contribution in [2.24, 2.45) is 11.1 Å². The molecule has 0 atom stereocenters. The van der Waals surface area contributed by atoms with Crippen molar-refractivity contribution in [3.8, 4) is 0 Å². The normalized spacial score (nSPS) is 11.7. The van der Waals surface area contributed by atoms with Crippen LogP contribution in [0.5, 0.6) is 0 Å². The average molecular weight is 128 g/mol. The van der Waals surface area contributed by atoms with E-state index >= 15 is 0 Å². The Morgan fingerprint density at radius 3 is 2.00 bits per heavy atom. The Bertz CT molecular complexity index is 97.1. The molecule has 0 saturated heterocycles. The molecule has 2 heteroatoms. The summed E-state index contributed by atoms with van der Waals surface area (Å²) in [5, 5.41) is 3.13. The molecule has 0 aliphatic rings. The van der Waals surface area contributed by atoms with Crippen molar-refractivity contribution in [1.29, 1.82) is 0 Å². The first-order chi connectivity index (χ1) is 4.00. The van der Waals surface area contributed by atoms with E-state index in [-0.39, 0.29) is 5.60 Å². The standard InChI is InChI=1S/C7H14NO/c1-6(2)7(3,4)9-8-5/h5-6H,1-4H3. The van der Waals surface area contributed by atoms with Gasteiger partial charge < -0.3 is 4.84 Å². The van der Waals surface area contributed by atoms with Crippen LogP contribution in [0.3, 0.4) is 0 Å². The lowest BCUT2D eigenvalue weighted by Gasteiger charge is -2.25. The first kappa shape index (κ1) is 8.47. The highest BCUT2D eigenvalue weighted by Gasteiger charge is 2.23. The lowest BCUT2D eigenvalue weighted by Crippen LogP contribution is -2.28. The van der Waals surface area contributed by atoms with Gasteiger partial charge in [-0.3, -0.25) is 0 Å². The van der Waals surface area contributed by atoms with Crippen LogP contribution in [0.4, 0.5) is 0 Å². The van der Waals surface area contributed by atoms with E-state index in [9.17, 15) is 0 Å². The van der Waals surface area contributed by atoms with E-state index in [1.165, 1.54) is 0 Å². The van der Waals surface area contributed by atoms with E-state index in [0.29, 0.717) is 5.92 Å². The second-order valence-electron chi connectivity index (χ2n) is 2.95. The first-order valence-electron chi connectivity index (χ1n) is 3.09. The number of hydrogen-bond donors (Lipinski definition) is 0. The Kier molecular flexibility index (Phi) is 2.68. The summed E-state index contributed by atoms with van der Waals surface area (Å²) in [7, 11) is 0. The fourth-order valence-corrected chi connectivity index (χ4v) is 0.241. The Hall–Kier alpha value is -0.530. The van der Waals surface area contributed by atoms with Gasteiger partial charge in [-0.05, 0) is 19.8 Å². The van der Waals surface area contributed by atoms with Crippen molar-refractivity contribution < 1.29 is 4.84 Å². The summed E-state index contributed by atoms with van der Waals surface area (Å²) in [4.78, 5) is 4.89. The molecule has 0 aliphatic carbocycles. The van der Waals surface area contributed by atoms with Gasteiger partial charge in [0.25, 0.3) is 0 Å². The lowest BCUT2D eigenvalue weighted by molar-refractivity contribution is -0.0465. The summed E-state index contributed by atoms with van der Waals surface area (Å²) < 4.78 is 0. The van der Waals surface area contributed by atoms with E-state index in [1.807, 2.05) is 13.8 Å². The van der Waals surface area contributed by atoms with Gasteiger partial charge in [0.05, 0.1) is 6.72 Å². The van der Waals surface area contributed by atoms with Crippen LogP contribution in [0.1, 0.15) is 27.7 Å². The molecule has 1 radical (unpaired) electrons. The topological polar surface area (TPSA) is 21.6 Å². The highest BCUT2D eigenvalue weighted by molar-refractivity contribution is 5.21. The highest BCUT2D eigenvalue weighted by Crippen LogP contribution is 2.19. The van der Waals surface area contributed by atoms with Crippen LogP contribution in [0.15, 0.2) is 5.16 Å². The number of rotatable bonds is 3. The summed E-state index contributed by atoms with van der Waals surface area (Å²) in [6.45, 7) is 12.9. The maximum absolute atomic E-state index is 4.89. The smallest absolute Gasteiger partial charge is 0.134 e. The van der Waals surface area contributed by atoms with Gasteiger partial charge in [-0.2, -0.15) is 0 Å². The van der Waals surface area contributed by atoms with Crippen molar-refractivity contribution in [3.05, 3.63) is 0 Å². The Balaban J connectivity index is 3.84. The predicted octanol–water partition coefficient (Wildman–Crippen LogP) is 1.93. The number of hydrogen-bond acceptors (Lipinski definition) is 2. The van der Waals surface area contributed by atoms with E-state index < -0.39 is 0 Å². The Labute approximate surface area is 56.9 Å². The average Bonchev–Trinajstić information content (AvgIpc) is 1.65. The third-order valence-electron chi connectivity index (χ3n) is 1.68. The van der Waals surface area contributed by atoms with Gasteiger partial charge in [-0.25, -0.2) is 0 Å². The van der Waals surface area contributed by atoms with Gasteiger partial charge in [0.15, 0.2) is 0 Å². The Morgan fingerprint density at radius 2 is 1.89 bits per heavy atom. The van der Waals surface area contributed by atoms with Gasteiger partial charge >= 0.3 is 0 Å². The maximum Gasteiger partial charge on any atom is 0.134 e. The molecule has 0 fully saturated rings. The summed E-state index contributed by atoms with van der Waals surface area (Å²) >= 11 is 0. The molecule has 0 aromatic carbocycles. The van der Waals surface area contributed by atoms with E-state index in [4.69, 9.17) is 11.6 Å². The molecule has 0 amide bonds. The van der Waals surface area contributed by atoms with Crippen molar-refractivity contribution in [2.45, 2.75) is 33.3 Å². The van der Waals surface area contributed by atoms with E-state index in [1.54, 1.807) is 0 Å². The Morgan fingerprint density at radius 1 is 1.44 bits per heavy atom. The largest absolute Gasteiger partial charge is 0.390 e. The molecule has 53 valence electrons. The van der Waals surface area contributed by atoms with Crippen LogP contribution in [0.25, 0.3) is 0 Å². The van der Waals surface area contributed by atoms with Crippen LogP contribution in [0, 0.1) is 5.92 Å². The van der Waals surface area contributed by atoms with E-state index in [2.05, 4.69) is 19.0 Å². The summed E-state index contributed by atoms with van der Waals surface area (Å²) in [6, 6.07) is 0. The third kappa shape index (κ3) is 2.49. The molecular weight excluding hydrogens is 114 g/mol. The van der Waals surface area contributed by atoms with Gasteiger partial charge in [-0.1, -0.05) is 19.0 Å². The van der Waals surface area contributed by atoms with Crippen LogP contribution in [-0.4, -0.2) is 12.3 Å². The minimum atomic E-state index is -0.241.